The van der Waals surface area contributed by atoms with E-state index < -0.39 is 27.9 Å². The van der Waals surface area contributed by atoms with E-state index in [1.54, 1.807) is 0 Å². The van der Waals surface area contributed by atoms with Crippen LogP contribution in [0.25, 0.3) is 0 Å². The molecule has 25 heavy (non-hydrogen) atoms. The first kappa shape index (κ1) is 19.4. The average molecular weight is 373 g/mol. The molecule has 0 aliphatic heterocycles. The van der Waals surface area contributed by atoms with Crippen LogP contribution in [-0.4, -0.2) is 22.1 Å². The second-order valence-electron chi connectivity index (χ2n) is 5.45. The quantitative estimate of drug-likeness (QED) is 0.840. The SMILES string of the molecule is COC(CNS(=O)(=O)c1ccc(C(F)(F)F)cc1)c1ccccc1C. The normalized spacial score (nSPS) is 13.6. The largest absolute Gasteiger partial charge is 0.416 e. The number of alkyl halides is 3. The van der Waals surface area contributed by atoms with Crippen molar-refractivity contribution in [2.75, 3.05) is 13.7 Å². The van der Waals surface area contributed by atoms with Gasteiger partial charge in [-0.2, -0.15) is 13.2 Å². The van der Waals surface area contributed by atoms with Gasteiger partial charge >= 0.3 is 6.18 Å². The Labute approximate surface area is 144 Å². The molecule has 0 aromatic heterocycles. The Morgan fingerprint density at radius 2 is 1.68 bits per heavy atom. The molecule has 0 bridgehead atoms. The molecule has 0 spiro atoms. The maximum atomic E-state index is 12.6. The van der Waals surface area contributed by atoms with Gasteiger partial charge in [-0.3, -0.25) is 0 Å². The maximum absolute atomic E-state index is 12.6. The van der Waals surface area contributed by atoms with E-state index in [9.17, 15) is 21.6 Å². The number of halogens is 3. The van der Waals surface area contributed by atoms with Gasteiger partial charge in [-0.05, 0) is 42.3 Å². The van der Waals surface area contributed by atoms with Crippen molar-refractivity contribution in [3.8, 4) is 0 Å². The van der Waals surface area contributed by atoms with E-state index in [1.165, 1.54) is 7.11 Å². The molecular formula is C17H18F3NO3S. The molecule has 8 heteroatoms. The molecule has 136 valence electrons. The van der Waals surface area contributed by atoms with Gasteiger partial charge < -0.3 is 4.74 Å². The fraction of sp³-hybridized carbons (Fsp3) is 0.294. The van der Waals surface area contributed by atoms with Crippen LogP contribution in [0.2, 0.25) is 0 Å². The number of rotatable bonds is 6. The van der Waals surface area contributed by atoms with Crippen molar-refractivity contribution in [3.63, 3.8) is 0 Å². The van der Waals surface area contributed by atoms with Gasteiger partial charge in [-0.25, -0.2) is 13.1 Å². The van der Waals surface area contributed by atoms with Crippen LogP contribution < -0.4 is 4.72 Å². The monoisotopic (exact) mass is 373 g/mol. The summed E-state index contributed by atoms with van der Waals surface area (Å²) in [5, 5.41) is 0. The van der Waals surface area contributed by atoms with Crippen molar-refractivity contribution in [2.45, 2.75) is 24.1 Å². The van der Waals surface area contributed by atoms with Gasteiger partial charge in [0.25, 0.3) is 0 Å². The molecule has 0 aliphatic rings. The molecule has 2 aromatic rings. The molecule has 1 atom stereocenters. The smallest absolute Gasteiger partial charge is 0.375 e. The van der Waals surface area contributed by atoms with Gasteiger partial charge in [0.05, 0.1) is 16.6 Å². The minimum absolute atomic E-state index is 0.0370. The van der Waals surface area contributed by atoms with Crippen LogP contribution in [0.4, 0.5) is 13.2 Å². The minimum atomic E-state index is -4.51. The average Bonchev–Trinajstić information content (AvgIpc) is 2.56. The molecule has 0 saturated carbocycles. The van der Waals surface area contributed by atoms with Crippen molar-refractivity contribution >= 4 is 10.0 Å². The molecule has 0 aliphatic carbocycles. The number of ether oxygens (including phenoxy) is 1. The minimum Gasteiger partial charge on any atom is -0.375 e. The fourth-order valence-corrected chi connectivity index (χ4v) is 3.39. The van der Waals surface area contributed by atoms with E-state index >= 15 is 0 Å². The van der Waals surface area contributed by atoms with E-state index in [2.05, 4.69) is 4.72 Å². The molecule has 0 radical (unpaired) electrons. The van der Waals surface area contributed by atoms with E-state index in [-0.39, 0.29) is 11.4 Å². The number of methoxy groups -OCH3 is 1. The number of sulfonamides is 1. The zero-order valence-electron chi connectivity index (χ0n) is 13.7. The number of benzene rings is 2. The predicted octanol–water partition coefficient (Wildman–Crippen LogP) is 3.68. The number of aryl methyl sites for hydroxylation is 1. The van der Waals surface area contributed by atoms with Crippen LogP contribution in [0.1, 0.15) is 22.8 Å². The first-order valence-electron chi connectivity index (χ1n) is 7.40. The second kappa shape index (κ2) is 7.55. The zero-order valence-corrected chi connectivity index (χ0v) is 14.5. The highest BCUT2D eigenvalue weighted by atomic mass is 32.2. The zero-order chi connectivity index (χ0) is 18.7. The van der Waals surface area contributed by atoms with E-state index in [1.807, 2.05) is 31.2 Å². The molecule has 4 nitrogen and oxygen atoms in total. The first-order valence-corrected chi connectivity index (χ1v) is 8.88. The lowest BCUT2D eigenvalue weighted by atomic mass is 10.0. The summed E-state index contributed by atoms with van der Waals surface area (Å²) in [6.07, 6.45) is -5.02. The summed E-state index contributed by atoms with van der Waals surface area (Å²) in [6, 6.07) is 10.7. The molecule has 0 heterocycles. The Morgan fingerprint density at radius 1 is 1.08 bits per heavy atom. The molecule has 0 saturated heterocycles. The standard InChI is InChI=1S/C17H18F3NO3S/c1-12-5-3-4-6-15(12)16(24-2)11-21-25(22,23)14-9-7-13(8-10-14)17(18,19)20/h3-10,16,21H,11H2,1-2H3. The lowest BCUT2D eigenvalue weighted by Crippen LogP contribution is -2.29. The molecule has 0 fully saturated rings. The van der Waals surface area contributed by atoms with Gasteiger partial charge in [0, 0.05) is 13.7 Å². The Bertz CT molecular complexity index is 818. The molecule has 1 unspecified atom stereocenters. The van der Waals surface area contributed by atoms with Gasteiger partial charge in [-0.1, -0.05) is 24.3 Å². The summed E-state index contributed by atoms with van der Waals surface area (Å²) in [7, 11) is -2.48. The van der Waals surface area contributed by atoms with Crippen molar-refractivity contribution < 1.29 is 26.3 Å². The summed E-state index contributed by atoms with van der Waals surface area (Å²) in [5.74, 6) is 0. The van der Waals surface area contributed by atoms with Crippen LogP contribution in [0.3, 0.4) is 0 Å². The summed E-state index contributed by atoms with van der Waals surface area (Å²) in [6.45, 7) is 1.84. The third-order valence-corrected chi connectivity index (χ3v) is 5.21. The third-order valence-electron chi connectivity index (χ3n) is 3.77. The third kappa shape index (κ3) is 4.81. The van der Waals surface area contributed by atoms with Crippen LogP contribution in [0, 0.1) is 6.92 Å². The maximum Gasteiger partial charge on any atom is 0.416 e. The van der Waals surface area contributed by atoms with Crippen molar-refractivity contribution in [1.82, 2.24) is 4.72 Å². The fourth-order valence-electron chi connectivity index (χ4n) is 2.36. The molecule has 2 aromatic carbocycles. The summed E-state index contributed by atoms with van der Waals surface area (Å²) < 4.78 is 70.0. The van der Waals surface area contributed by atoms with E-state index in [0.29, 0.717) is 0 Å². The van der Waals surface area contributed by atoms with Crippen molar-refractivity contribution in [3.05, 3.63) is 65.2 Å². The highest BCUT2D eigenvalue weighted by Gasteiger charge is 2.30. The van der Waals surface area contributed by atoms with Crippen molar-refractivity contribution in [2.24, 2.45) is 0 Å². The topological polar surface area (TPSA) is 55.4 Å². The van der Waals surface area contributed by atoms with Gasteiger partial charge in [0.2, 0.25) is 10.0 Å². The van der Waals surface area contributed by atoms with Crippen LogP contribution >= 0.6 is 0 Å². The van der Waals surface area contributed by atoms with Gasteiger partial charge in [-0.15, -0.1) is 0 Å². The molecule has 2 rings (SSSR count). The summed E-state index contributed by atoms with van der Waals surface area (Å²) >= 11 is 0. The van der Waals surface area contributed by atoms with E-state index in [0.717, 1.165) is 35.4 Å². The molecular weight excluding hydrogens is 355 g/mol. The van der Waals surface area contributed by atoms with Crippen LogP contribution in [0.15, 0.2) is 53.4 Å². The number of hydrogen-bond acceptors (Lipinski definition) is 3. The number of hydrogen-bond donors (Lipinski definition) is 1. The molecule has 0 amide bonds. The highest BCUT2D eigenvalue weighted by molar-refractivity contribution is 7.89. The highest BCUT2D eigenvalue weighted by Crippen LogP contribution is 2.29. The lowest BCUT2D eigenvalue weighted by Gasteiger charge is -2.18. The van der Waals surface area contributed by atoms with Crippen LogP contribution in [0.5, 0.6) is 0 Å². The first-order chi connectivity index (χ1) is 11.6. The predicted molar refractivity (Wildman–Crippen MR) is 87.6 cm³/mol. The van der Waals surface area contributed by atoms with E-state index in [4.69, 9.17) is 4.74 Å². The Morgan fingerprint density at radius 3 is 2.20 bits per heavy atom. The molecule has 1 N–H and O–H groups in total. The van der Waals surface area contributed by atoms with Crippen molar-refractivity contribution in [1.29, 1.82) is 0 Å². The number of nitrogens with one attached hydrogen (secondary N) is 1. The van der Waals surface area contributed by atoms with Gasteiger partial charge in [0.1, 0.15) is 0 Å². The Balaban J connectivity index is 2.14. The Kier molecular flexibility index (Phi) is 5.87. The van der Waals surface area contributed by atoms with Crippen LogP contribution in [-0.2, 0) is 20.9 Å². The summed E-state index contributed by atoms with van der Waals surface area (Å²) in [5.41, 5.74) is 0.879. The lowest BCUT2D eigenvalue weighted by molar-refractivity contribution is -0.137. The van der Waals surface area contributed by atoms with Gasteiger partial charge in [0.15, 0.2) is 0 Å². The summed E-state index contributed by atoms with van der Waals surface area (Å²) in [4.78, 5) is -0.236. The second-order valence-corrected chi connectivity index (χ2v) is 7.22. The Hall–Kier alpha value is -1.90.